The minimum Gasteiger partial charge on any atom is -0.459 e. The molecule has 0 aliphatic heterocycles. The van der Waals surface area contributed by atoms with Gasteiger partial charge in [-0.2, -0.15) is 10.2 Å². The third-order valence-electron chi connectivity index (χ3n) is 3.81. The van der Waals surface area contributed by atoms with Crippen LogP contribution in [0.1, 0.15) is 17.3 Å². The number of halogens is 1. The number of furan rings is 1. The minimum atomic E-state index is -0.00240. The van der Waals surface area contributed by atoms with Crippen molar-refractivity contribution in [2.24, 2.45) is 0 Å². The molecule has 1 aromatic carbocycles. The topological polar surface area (TPSA) is 78.2 Å². The molecule has 2 heterocycles. The Kier molecular flexibility index (Phi) is 5.08. The van der Waals surface area contributed by atoms with Crippen molar-refractivity contribution in [3.63, 3.8) is 0 Å². The van der Waals surface area contributed by atoms with Crippen LogP contribution in [0.15, 0.2) is 51.5 Å². The number of anilines is 1. The molecule has 7 heteroatoms. The van der Waals surface area contributed by atoms with E-state index in [1.165, 1.54) is 6.26 Å². The summed E-state index contributed by atoms with van der Waals surface area (Å²) in [5.74, 6) is 1.05. The predicted molar refractivity (Wildman–Crippen MR) is 95.3 cm³/mol. The van der Waals surface area contributed by atoms with Gasteiger partial charge in [-0.05, 0) is 37.9 Å². The molecule has 0 spiro atoms. The molecule has 0 radical (unpaired) electrons. The standard InChI is InChI=1S/C18H17ClN4O2/c1-23(2)15(12-6-3-4-7-13(12)19)11-21-17-14(10-20)22-18(25-17)16-8-5-9-24-16/h3-9,15,21H,11H2,1-2H3. The second-order valence-corrected chi connectivity index (χ2v) is 6.07. The summed E-state index contributed by atoms with van der Waals surface area (Å²) in [7, 11) is 3.94. The molecular weight excluding hydrogens is 340 g/mol. The Morgan fingerprint density at radius 1 is 1.28 bits per heavy atom. The number of hydrogen-bond donors (Lipinski definition) is 1. The van der Waals surface area contributed by atoms with Gasteiger partial charge in [-0.1, -0.05) is 29.8 Å². The molecule has 2 aromatic heterocycles. The maximum Gasteiger partial charge on any atom is 0.266 e. The van der Waals surface area contributed by atoms with Crippen LogP contribution >= 0.6 is 11.6 Å². The van der Waals surface area contributed by atoms with E-state index in [1.807, 2.05) is 49.3 Å². The highest BCUT2D eigenvalue weighted by molar-refractivity contribution is 6.31. The zero-order valence-electron chi connectivity index (χ0n) is 13.9. The summed E-state index contributed by atoms with van der Waals surface area (Å²) >= 11 is 6.32. The molecule has 1 atom stereocenters. The van der Waals surface area contributed by atoms with Gasteiger partial charge in [0.15, 0.2) is 5.76 Å². The molecule has 0 bridgehead atoms. The van der Waals surface area contributed by atoms with E-state index in [2.05, 4.69) is 10.3 Å². The smallest absolute Gasteiger partial charge is 0.266 e. The fourth-order valence-electron chi connectivity index (χ4n) is 2.53. The maximum atomic E-state index is 9.29. The van der Waals surface area contributed by atoms with E-state index >= 15 is 0 Å². The van der Waals surface area contributed by atoms with Crippen molar-refractivity contribution in [3.8, 4) is 17.7 Å². The summed E-state index contributed by atoms with van der Waals surface area (Å²) < 4.78 is 10.9. The number of likely N-dealkylation sites (N-methyl/N-ethyl adjacent to an activating group) is 1. The van der Waals surface area contributed by atoms with Crippen LogP contribution in [0.3, 0.4) is 0 Å². The van der Waals surface area contributed by atoms with Gasteiger partial charge in [-0.15, -0.1) is 0 Å². The van der Waals surface area contributed by atoms with Gasteiger partial charge in [0.1, 0.15) is 6.07 Å². The Morgan fingerprint density at radius 3 is 2.72 bits per heavy atom. The van der Waals surface area contributed by atoms with Gasteiger partial charge in [-0.3, -0.25) is 0 Å². The summed E-state index contributed by atoms with van der Waals surface area (Å²) in [4.78, 5) is 6.21. The van der Waals surface area contributed by atoms with Crippen molar-refractivity contribution in [2.75, 3.05) is 26.0 Å². The quantitative estimate of drug-likeness (QED) is 0.714. The second kappa shape index (κ2) is 7.43. The van der Waals surface area contributed by atoms with Crippen molar-refractivity contribution < 1.29 is 8.83 Å². The Morgan fingerprint density at radius 2 is 2.08 bits per heavy atom. The van der Waals surface area contributed by atoms with E-state index in [1.54, 1.807) is 12.1 Å². The molecule has 6 nitrogen and oxygen atoms in total. The Balaban J connectivity index is 1.82. The molecular formula is C18H17ClN4O2. The third kappa shape index (κ3) is 3.68. The van der Waals surface area contributed by atoms with Crippen molar-refractivity contribution in [1.29, 1.82) is 5.26 Å². The molecule has 128 valence electrons. The van der Waals surface area contributed by atoms with Crippen LogP contribution in [0.4, 0.5) is 5.88 Å². The number of oxazole rings is 1. The van der Waals surface area contributed by atoms with Crippen LogP contribution < -0.4 is 5.32 Å². The molecule has 0 saturated carbocycles. The summed E-state index contributed by atoms with van der Waals surface area (Å²) in [6, 6.07) is 13.2. The minimum absolute atomic E-state index is 0.00240. The van der Waals surface area contributed by atoms with Crippen LogP contribution in [0.25, 0.3) is 11.7 Å². The lowest BCUT2D eigenvalue weighted by molar-refractivity contribution is 0.310. The fourth-order valence-corrected chi connectivity index (χ4v) is 2.79. The lowest BCUT2D eigenvalue weighted by Crippen LogP contribution is -2.27. The van der Waals surface area contributed by atoms with Gasteiger partial charge in [0.05, 0.1) is 12.3 Å². The molecule has 1 N–H and O–H groups in total. The summed E-state index contributed by atoms with van der Waals surface area (Å²) in [6.45, 7) is 0.498. The van der Waals surface area contributed by atoms with Crippen LogP contribution in [-0.4, -0.2) is 30.5 Å². The SMILES string of the molecule is CN(C)C(CNc1oc(-c2ccco2)nc1C#N)c1ccccc1Cl. The first-order valence-electron chi connectivity index (χ1n) is 7.69. The molecule has 3 rings (SSSR count). The number of benzene rings is 1. The molecule has 25 heavy (non-hydrogen) atoms. The van der Waals surface area contributed by atoms with E-state index in [0.29, 0.717) is 23.2 Å². The summed E-state index contributed by atoms with van der Waals surface area (Å²) in [5.41, 5.74) is 1.18. The van der Waals surface area contributed by atoms with Crippen molar-refractivity contribution in [2.45, 2.75) is 6.04 Å². The zero-order valence-corrected chi connectivity index (χ0v) is 14.6. The molecule has 0 fully saturated rings. The van der Waals surface area contributed by atoms with Crippen LogP contribution in [0, 0.1) is 11.3 Å². The average Bonchev–Trinajstić information content (AvgIpc) is 3.25. The van der Waals surface area contributed by atoms with E-state index < -0.39 is 0 Å². The average molecular weight is 357 g/mol. The van der Waals surface area contributed by atoms with E-state index in [9.17, 15) is 5.26 Å². The Bertz CT molecular complexity index is 881. The lowest BCUT2D eigenvalue weighted by atomic mass is 10.1. The van der Waals surface area contributed by atoms with E-state index in [0.717, 1.165) is 5.56 Å². The molecule has 3 aromatic rings. The predicted octanol–water partition coefficient (Wildman–Crippen LogP) is 4.17. The molecule has 0 aliphatic carbocycles. The first-order chi connectivity index (χ1) is 12.1. The van der Waals surface area contributed by atoms with Gasteiger partial charge in [0.2, 0.25) is 11.6 Å². The van der Waals surface area contributed by atoms with E-state index in [-0.39, 0.29) is 17.6 Å². The largest absolute Gasteiger partial charge is 0.459 e. The van der Waals surface area contributed by atoms with Gasteiger partial charge < -0.3 is 19.1 Å². The fraction of sp³-hybridized carbons (Fsp3) is 0.222. The highest BCUT2D eigenvalue weighted by Gasteiger charge is 2.20. The molecule has 1 unspecified atom stereocenters. The number of aromatic nitrogens is 1. The van der Waals surface area contributed by atoms with Crippen molar-refractivity contribution >= 4 is 17.5 Å². The Labute approximate surface area is 150 Å². The van der Waals surface area contributed by atoms with Crippen molar-refractivity contribution in [1.82, 2.24) is 9.88 Å². The summed E-state index contributed by atoms with van der Waals surface area (Å²) in [6.07, 6.45) is 1.53. The van der Waals surface area contributed by atoms with Crippen molar-refractivity contribution in [3.05, 3.63) is 58.9 Å². The lowest BCUT2D eigenvalue weighted by Gasteiger charge is -2.25. The van der Waals surface area contributed by atoms with Crippen LogP contribution in [-0.2, 0) is 0 Å². The van der Waals surface area contributed by atoms with Gasteiger partial charge in [0, 0.05) is 11.6 Å². The monoisotopic (exact) mass is 356 g/mol. The number of nitrogens with zero attached hydrogens (tertiary/aromatic N) is 3. The number of hydrogen-bond acceptors (Lipinski definition) is 6. The third-order valence-corrected chi connectivity index (χ3v) is 4.15. The highest BCUT2D eigenvalue weighted by atomic mass is 35.5. The Hall–Kier alpha value is -2.75. The first-order valence-corrected chi connectivity index (χ1v) is 8.07. The van der Waals surface area contributed by atoms with E-state index in [4.69, 9.17) is 20.4 Å². The molecule has 0 aliphatic rings. The number of rotatable bonds is 6. The number of nitriles is 1. The molecule has 0 saturated heterocycles. The van der Waals surface area contributed by atoms with Crippen LogP contribution in [0.5, 0.6) is 0 Å². The second-order valence-electron chi connectivity index (χ2n) is 5.67. The zero-order chi connectivity index (χ0) is 17.8. The normalized spacial score (nSPS) is 12.1. The molecule has 0 amide bonds. The highest BCUT2D eigenvalue weighted by Crippen LogP contribution is 2.29. The van der Waals surface area contributed by atoms with Gasteiger partial charge in [-0.25, -0.2) is 0 Å². The first kappa shape index (κ1) is 17.1. The van der Waals surface area contributed by atoms with Gasteiger partial charge in [0.25, 0.3) is 5.89 Å². The number of nitrogens with one attached hydrogen (secondary N) is 1. The summed E-state index contributed by atoms with van der Waals surface area (Å²) in [5, 5.41) is 13.1. The maximum absolute atomic E-state index is 9.29. The van der Waals surface area contributed by atoms with Gasteiger partial charge >= 0.3 is 0 Å². The van der Waals surface area contributed by atoms with Crippen LogP contribution in [0.2, 0.25) is 5.02 Å².